The van der Waals surface area contributed by atoms with Crippen molar-refractivity contribution in [1.29, 1.82) is 0 Å². The molecule has 1 rings (SSSR count). The molecule has 2 N–H and O–H groups in total. The van der Waals surface area contributed by atoms with Crippen LogP contribution in [0.2, 0.25) is 0 Å². The van der Waals surface area contributed by atoms with Crippen LogP contribution in [0.3, 0.4) is 0 Å². The Balaban J connectivity index is 2.82. The van der Waals surface area contributed by atoms with Gasteiger partial charge in [0.15, 0.2) is 0 Å². The molecule has 15 heavy (non-hydrogen) atoms. The number of sulfonamides is 1. The van der Waals surface area contributed by atoms with E-state index in [0.717, 1.165) is 0 Å². The zero-order chi connectivity index (χ0) is 11.5. The topological polar surface area (TPSA) is 71.3 Å². The monoisotopic (exact) mass is 232 g/mol. The zero-order valence-corrected chi connectivity index (χ0v) is 9.94. The van der Waals surface area contributed by atoms with Crippen molar-refractivity contribution in [3.8, 4) is 0 Å². The Bertz CT molecular complexity index is 423. The summed E-state index contributed by atoms with van der Waals surface area (Å²) in [6.07, 6.45) is 0. The van der Waals surface area contributed by atoms with Crippen LogP contribution in [-0.2, 0) is 10.0 Å². The van der Waals surface area contributed by atoms with Gasteiger partial charge in [-0.1, -0.05) is 0 Å². The van der Waals surface area contributed by atoms with Crippen molar-refractivity contribution in [2.45, 2.75) is 18.7 Å². The van der Waals surface area contributed by atoms with Gasteiger partial charge in [-0.3, -0.25) is 0 Å². The summed E-state index contributed by atoms with van der Waals surface area (Å²) in [5.41, 5.74) is 0. The molecule has 86 valence electrons. The fourth-order valence-electron chi connectivity index (χ4n) is 1.26. The van der Waals surface area contributed by atoms with Gasteiger partial charge in [-0.25, -0.2) is 13.1 Å². The van der Waals surface area contributed by atoms with Crippen LogP contribution in [-0.4, -0.2) is 28.6 Å². The fourth-order valence-corrected chi connectivity index (χ4v) is 2.53. The molecule has 1 aromatic heterocycles. The third-order valence-corrected chi connectivity index (χ3v) is 3.52. The predicted octanol–water partition coefficient (Wildman–Crippen LogP) is 0.394. The van der Waals surface area contributed by atoms with Crippen LogP contribution in [0.4, 0.5) is 0 Å². The summed E-state index contributed by atoms with van der Waals surface area (Å²) in [4.78, 5) is 0.219. The van der Waals surface area contributed by atoms with Crippen molar-refractivity contribution in [1.82, 2.24) is 10.0 Å². The molecule has 5 nitrogen and oxygen atoms in total. The molecule has 0 saturated carbocycles. The number of likely N-dealkylation sites (N-methyl/N-ethyl adjacent to an activating group) is 1. The Labute approximate surface area is 89.9 Å². The molecule has 0 unspecified atom stereocenters. The Morgan fingerprint density at radius 1 is 1.33 bits per heavy atom. The molecule has 0 aliphatic rings. The number of rotatable bonds is 5. The molecule has 0 aliphatic carbocycles. The van der Waals surface area contributed by atoms with Crippen LogP contribution < -0.4 is 10.0 Å². The lowest BCUT2D eigenvalue weighted by Crippen LogP contribution is -2.30. The van der Waals surface area contributed by atoms with E-state index >= 15 is 0 Å². The fraction of sp³-hybridized carbons (Fsp3) is 0.556. The van der Waals surface area contributed by atoms with Gasteiger partial charge in [0.1, 0.15) is 16.4 Å². The van der Waals surface area contributed by atoms with E-state index in [1.807, 2.05) is 0 Å². The first-order valence-corrected chi connectivity index (χ1v) is 6.17. The summed E-state index contributed by atoms with van der Waals surface area (Å²) in [5.74, 6) is 1.02. The maximum absolute atomic E-state index is 11.7. The third-order valence-electron chi connectivity index (χ3n) is 1.95. The lowest BCUT2D eigenvalue weighted by atomic mass is 10.4. The summed E-state index contributed by atoms with van der Waals surface area (Å²) < 4.78 is 31.1. The molecule has 0 aliphatic heterocycles. The van der Waals surface area contributed by atoms with E-state index < -0.39 is 10.0 Å². The first-order chi connectivity index (χ1) is 6.97. The van der Waals surface area contributed by atoms with Gasteiger partial charge in [0.2, 0.25) is 10.0 Å². The molecule has 0 atom stereocenters. The Kier molecular flexibility index (Phi) is 3.90. The molecule has 0 saturated heterocycles. The number of nitrogens with one attached hydrogen (secondary N) is 2. The summed E-state index contributed by atoms with van der Waals surface area (Å²) >= 11 is 0. The van der Waals surface area contributed by atoms with Gasteiger partial charge in [0.25, 0.3) is 0 Å². The Morgan fingerprint density at radius 3 is 2.47 bits per heavy atom. The molecular weight excluding hydrogens is 216 g/mol. The number of aryl methyl sites for hydroxylation is 2. The Morgan fingerprint density at radius 2 is 2.00 bits per heavy atom. The highest BCUT2D eigenvalue weighted by Gasteiger charge is 2.19. The predicted molar refractivity (Wildman–Crippen MR) is 57.3 cm³/mol. The number of hydrogen-bond acceptors (Lipinski definition) is 4. The van der Waals surface area contributed by atoms with Crippen LogP contribution in [0, 0.1) is 13.8 Å². The summed E-state index contributed by atoms with van der Waals surface area (Å²) in [7, 11) is -1.66. The van der Waals surface area contributed by atoms with E-state index in [-0.39, 0.29) is 4.90 Å². The van der Waals surface area contributed by atoms with Crippen LogP contribution in [0.5, 0.6) is 0 Å². The van der Waals surface area contributed by atoms with Crippen LogP contribution in [0.15, 0.2) is 15.4 Å². The average molecular weight is 232 g/mol. The minimum atomic E-state index is -3.43. The second-order valence-corrected chi connectivity index (χ2v) is 5.01. The molecule has 0 fully saturated rings. The van der Waals surface area contributed by atoms with Crippen molar-refractivity contribution >= 4 is 10.0 Å². The lowest BCUT2D eigenvalue weighted by molar-refractivity contribution is 0.495. The van der Waals surface area contributed by atoms with Crippen LogP contribution in [0.1, 0.15) is 11.5 Å². The van der Waals surface area contributed by atoms with Gasteiger partial charge in [-0.15, -0.1) is 0 Å². The first kappa shape index (κ1) is 12.2. The molecule has 0 bridgehead atoms. The highest BCUT2D eigenvalue weighted by molar-refractivity contribution is 7.89. The minimum Gasteiger partial charge on any atom is -0.465 e. The first-order valence-electron chi connectivity index (χ1n) is 4.68. The van der Waals surface area contributed by atoms with E-state index in [2.05, 4.69) is 10.0 Å². The quantitative estimate of drug-likeness (QED) is 0.721. The molecule has 6 heteroatoms. The van der Waals surface area contributed by atoms with Crippen molar-refractivity contribution < 1.29 is 12.8 Å². The Hall–Kier alpha value is -0.850. The van der Waals surface area contributed by atoms with Crippen molar-refractivity contribution in [2.75, 3.05) is 20.1 Å². The lowest BCUT2D eigenvalue weighted by Gasteiger charge is -2.04. The van der Waals surface area contributed by atoms with E-state index in [1.54, 1.807) is 20.9 Å². The largest absolute Gasteiger partial charge is 0.465 e. The van der Waals surface area contributed by atoms with Crippen molar-refractivity contribution in [3.63, 3.8) is 0 Å². The molecule has 1 heterocycles. The average Bonchev–Trinajstić information content (AvgIpc) is 2.46. The molecular formula is C9H16N2O3S. The number of furan rings is 1. The molecule has 0 amide bonds. The maximum Gasteiger partial charge on any atom is 0.244 e. The molecule has 0 spiro atoms. The standard InChI is InChI=1S/C9H16N2O3S/c1-7-6-9(8(2)14-7)15(12,13)11-5-4-10-3/h6,10-11H,4-5H2,1-3H3. The zero-order valence-electron chi connectivity index (χ0n) is 9.12. The van der Waals surface area contributed by atoms with E-state index in [0.29, 0.717) is 24.6 Å². The van der Waals surface area contributed by atoms with Crippen molar-refractivity contribution in [3.05, 3.63) is 17.6 Å². The summed E-state index contributed by atoms with van der Waals surface area (Å²) in [6, 6.07) is 1.52. The molecule has 0 aromatic carbocycles. The smallest absolute Gasteiger partial charge is 0.244 e. The summed E-state index contributed by atoms with van der Waals surface area (Å²) in [6.45, 7) is 4.32. The second-order valence-electron chi connectivity index (χ2n) is 3.28. The highest BCUT2D eigenvalue weighted by atomic mass is 32.2. The SMILES string of the molecule is CNCCNS(=O)(=O)c1cc(C)oc1C. The maximum atomic E-state index is 11.7. The number of hydrogen-bond donors (Lipinski definition) is 2. The van der Waals surface area contributed by atoms with Crippen LogP contribution >= 0.6 is 0 Å². The summed E-state index contributed by atoms with van der Waals surface area (Å²) in [5, 5.41) is 2.86. The van der Waals surface area contributed by atoms with Gasteiger partial charge < -0.3 is 9.73 Å². The second kappa shape index (κ2) is 4.78. The van der Waals surface area contributed by atoms with Gasteiger partial charge in [-0.2, -0.15) is 0 Å². The van der Waals surface area contributed by atoms with Gasteiger partial charge in [0, 0.05) is 13.1 Å². The minimum absolute atomic E-state index is 0.219. The molecule has 1 aromatic rings. The highest BCUT2D eigenvalue weighted by Crippen LogP contribution is 2.18. The van der Waals surface area contributed by atoms with Crippen molar-refractivity contribution in [2.24, 2.45) is 0 Å². The van der Waals surface area contributed by atoms with Gasteiger partial charge in [0.05, 0.1) is 0 Å². The van der Waals surface area contributed by atoms with E-state index in [1.165, 1.54) is 6.07 Å². The van der Waals surface area contributed by atoms with Gasteiger partial charge in [-0.05, 0) is 27.0 Å². The molecule has 0 radical (unpaired) electrons. The third kappa shape index (κ3) is 3.05. The van der Waals surface area contributed by atoms with Crippen LogP contribution in [0.25, 0.3) is 0 Å². The van der Waals surface area contributed by atoms with E-state index in [4.69, 9.17) is 4.42 Å². The van der Waals surface area contributed by atoms with Gasteiger partial charge >= 0.3 is 0 Å². The van der Waals surface area contributed by atoms with E-state index in [9.17, 15) is 8.42 Å². The normalized spacial score (nSPS) is 11.9.